The predicted molar refractivity (Wildman–Crippen MR) is 60.5 cm³/mol. The van der Waals surface area contributed by atoms with Crippen molar-refractivity contribution in [1.29, 1.82) is 5.26 Å². The summed E-state index contributed by atoms with van der Waals surface area (Å²) in [4.78, 5) is 11.2. The van der Waals surface area contributed by atoms with Gasteiger partial charge in [0.05, 0.1) is 24.3 Å². The van der Waals surface area contributed by atoms with Crippen molar-refractivity contribution in [2.45, 2.75) is 37.9 Å². The van der Waals surface area contributed by atoms with Crippen LogP contribution in [0.4, 0.5) is 0 Å². The number of hydrogen-bond acceptors (Lipinski definition) is 4. The van der Waals surface area contributed by atoms with Gasteiger partial charge in [0.2, 0.25) is 0 Å². The summed E-state index contributed by atoms with van der Waals surface area (Å²) in [6.07, 6.45) is 4.37. The Balaban J connectivity index is 2.30. The molecule has 0 spiro atoms. The first-order chi connectivity index (χ1) is 7.27. The maximum absolute atomic E-state index is 11.2. The highest BCUT2D eigenvalue weighted by atomic mass is 32.2. The van der Waals surface area contributed by atoms with E-state index in [-0.39, 0.29) is 11.9 Å². The Kier molecular flexibility index (Phi) is 5.56. The zero-order valence-corrected chi connectivity index (χ0v) is 9.89. The standard InChI is InChI=1S/C11H17NO2S/c1-2-14-11(13)8-15-10-6-4-3-5-9(10)7-12/h9-10H,2-6,8H2,1H3. The molecule has 0 N–H and O–H groups in total. The molecule has 0 saturated heterocycles. The Morgan fingerprint density at radius 3 is 2.93 bits per heavy atom. The van der Waals surface area contributed by atoms with Gasteiger partial charge in [-0.2, -0.15) is 5.26 Å². The molecule has 0 aromatic rings. The van der Waals surface area contributed by atoms with Crippen LogP contribution in [0.3, 0.4) is 0 Å². The molecule has 0 aliphatic heterocycles. The zero-order valence-electron chi connectivity index (χ0n) is 9.07. The molecule has 0 aromatic carbocycles. The molecule has 0 heterocycles. The molecule has 0 amide bonds. The first-order valence-electron chi connectivity index (χ1n) is 5.44. The van der Waals surface area contributed by atoms with Gasteiger partial charge in [-0.15, -0.1) is 11.8 Å². The van der Waals surface area contributed by atoms with Gasteiger partial charge in [-0.25, -0.2) is 0 Å². The molecule has 15 heavy (non-hydrogen) atoms. The second kappa shape index (κ2) is 6.73. The molecule has 1 aliphatic rings. The van der Waals surface area contributed by atoms with Crippen LogP contribution >= 0.6 is 11.8 Å². The smallest absolute Gasteiger partial charge is 0.315 e. The van der Waals surface area contributed by atoms with E-state index in [2.05, 4.69) is 6.07 Å². The fourth-order valence-electron chi connectivity index (χ4n) is 1.82. The number of nitriles is 1. The van der Waals surface area contributed by atoms with Crippen molar-refractivity contribution in [1.82, 2.24) is 0 Å². The Morgan fingerprint density at radius 1 is 1.53 bits per heavy atom. The minimum Gasteiger partial charge on any atom is -0.465 e. The summed E-state index contributed by atoms with van der Waals surface area (Å²) in [5, 5.41) is 9.28. The lowest BCUT2D eigenvalue weighted by Crippen LogP contribution is -2.22. The van der Waals surface area contributed by atoms with Gasteiger partial charge in [0.25, 0.3) is 0 Å². The molecular formula is C11H17NO2S. The molecule has 2 atom stereocenters. The van der Waals surface area contributed by atoms with Gasteiger partial charge >= 0.3 is 5.97 Å². The monoisotopic (exact) mass is 227 g/mol. The third-order valence-electron chi connectivity index (χ3n) is 2.59. The molecule has 1 fully saturated rings. The summed E-state index contributed by atoms with van der Waals surface area (Å²) in [5.74, 6) is 0.347. The number of thioether (sulfide) groups is 1. The Morgan fingerprint density at radius 2 is 2.27 bits per heavy atom. The molecular weight excluding hydrogens is 210 g/mol. The van der Waals surface area contributed by atoms with E-state index >= 15 is 0 Å². The molecule has 2 unspecified atom stereocenters. The Hall–Kier alpha value is -0.690. The number of carbonyl (C=O) groups excluding carboxylic acids is 1. The van der Waals surface area contributed by atoms with Gasteiger partial charge in [-0.1, -0.05) is 12.8 Å². The second-order valence-corrected chi connectivity index (χ2v) is 4.90. The number of hydrogen-bond donors (Lipinski definition) is 0. The number of ether oxygens (including phenoxy) is 1. The minimum atomic E-state index is -0.162. The van der Waals surface area contributed by atoms with Crippen molar-refractivity contribution in [3.05, 3.63) is 0 Å². The Bertz CT molecular complexity index is 249. The van der Waals surface area contributed by atoms with Gasteiger partial charge < -0.3 is 4.74 Å². The van der Waals surface area contributed by atoms with E-state index in [1.54, 1.807) is 18.7 Å². The fourth-order valence-corrected chi connectivity index (χ4v) is 3.02. The zero-order chi connectivity index (χ0) is 11.1. The van der Waals surface area contributed by atoms with Gasteiger partial charge in [0, 0.05) is 5.25 Å². The molecule has 0 aromatic heterocycles. The summed E-state index contributed by atoms with van der Waals surface area (Å²) < 4.78 is 4.86. The van der Waals surface area contributed by atoms with Crippen LogP contribution in [0.25, 0.3) is 0 Å². The third-order valence-corrected chi connectivity index (χ3v) is 3.98. The average Bonchev–Trinajstić information content (AvgIpc) is 2.27. The minimum absolute atomic E-state index is 0.123. The molecule has 1 rings (SSSR count). The summed E-state index contributed by atoms with van der Waals surface area (Å²) in [6, 6.07) is 2.34. The Labute approximate surface area is 95.2 Å². The number of rotatable bonds is 4. The lowest BCUT2D eigenvalue weighted by atomic mass is 9.90. The predicted octanol–water partition coefficient (Wildman–Crippen LogP) is 2.37. The number of esters is 1. The first-order valence-corrected chi connectivity index (χ1v) is 6.49. The maximum Gasteiger partial charge on any atom is 0.315 e. The highest BCUT2D eigenvalue weighted by Gasteiger charge is 2.25. The van der Waals surface area contributed by atoms with E-state index < -0.39 is 0 Å². The second-order valence-electron chi connectivity index (χ2n) is 3.67. The van der Waals surface area contributed by atoms with Crippen LogP contribution in [0.2, 0.25) is 0 Å². The van der Waals surface area contributed by atoms with Gasteiger partial charge in [0.15, 0.2) is 0 Å². The average molecular weight is 227 g/mol. The number of nitrogens with zero attached hydrogens (tertiary/aromatic N) is 1. The van der Waals surface area contributed by atoms with E-state index in [1.165, 1.54) is 6.42 Å². The quantitative estimate of drug-likeness (QED) is 0.692. The molecule has 4 heteroatoms. The van der Waals surface area contributed by atoms with Crippen molar-refractivity contribution in [3.63, 3.8) is 0 Å². The van der Waals surface area contributed by atoms with E-state index in [0.29, 0.717) is 17.6 Å². The first kappa shape index (κ1) is 12.4. The van der Waals surface area contributed by atoms with Crippen molar-refractivity contribution in [3.8, 4) is 6.07 Å². The summed E-state index contributed by atoms with van der Waals surface area (Å²) in [6.45, 7) is 2.24. The van der Waals surface area contributed by atoms with Gasteiger partial charge in [-0.3, -0.25) is 4.79 Å². The van der Waals surface area contributed by atoms with Crippen LogP contribution in [0.15, 0.2) is 0 Å². The molecule has 0 radical (unpaired) electrons. The molecule has 84 valence electrons. The highest BCUT2D eigenvalue weighted by Crippen LogP contribution is 2.32. The fraction of sp³-hybridized carbons (Fsp3) is 0.818. The summed E-state index contributed by atoms with van der Waals surface area (Å²) in [7, 11) is 0. The van der Waals surface area contributed by atoms with E-state index in [4.69, 9.17) is 10.00 Å². The van der Waals surface area contributed by atoms with Crippen LogP contribution < -0.4 is 0 Å². The van der Waals surface area contributed by atoms with E-state index in [1.807, 2.05) is 0 Å². The highest BCUT2D eigenvalue weighted by molar-refractivity contribution is 8.00. The lowest BCUT2D eigenvalue weighted by molar-refractivity contribution is -0.139. The van der Waals surface area contributed by atoms with Crippen molar-refractivity contribution in [2.24, 2.45) is 5.92 Å². The van der Waals surface area contributed by atoms with Gasteiger partial charge in [-0.05, 0) is 19.8 Å². The molecule has 3 nitrogen and oxygen atoms in total. The van der Waals surface area contributed by atoms with Crippen molar-refractivity contribution in [2.75, 3.05) is 12.4 Å². The van der Waals surface area contributed by atoms with Crippen molar-refractivity contribution >= 4 is 17.7 Å². The van der Waals surface area contributed by atoms with Crippen molar-refractivity contribution < 1.29 is 9.53 Å². The van der Waals surface area contributed by atoms with Crippen LogP contribution in [0.5, 0.6) is 0 Å². The molecule has 1 aliphatic carbocycles. The lowest BCUT2D eigenvalue weighted by Gasteiger charge is -2.25. The largest absolute Gasteiger partial charge is 0.465 e. The summed E-state index contributed by atoms with van der Waals surface area (Å²) in [5.41, 5.74) is 0. The van der Waals surface area contributed by atoms with E-state index in [0.717, 1.165) is 19.3 Å². The van der Waals surface area contributed by atoms with Crippen LogP contribution in [-0.4, -0.2) is 23.6 Å². The molecule has 0 bridgehead atoms. The van der Waals surface area contributed by atoms with Crippen LogP contribution in [0, 0.1) is 17.2 Å². The topological polar surface area (TPSA) is 50.1 Å². The van der Waals surface area contributed by atoms with E-state index in [9.17, 15) is 4.79 Å². The SMILES string of the molecule is CCOC(=O)CSC1CCCCC1C#N. The third kappa shape index (κ3) is 4.13. The number of carbonyl (C=O) groups is 1. The normalized spacial score (nSPS) is 25.6. The van der Waals surface area contributed by atoms with Crippen LogP contribution in [0.1, 0.15) is 32.6 Å². The van der Waals surface area contributed by atoms with Gasteiger partial charge in [0.1, 0.15) is 0 Å². The van der Waals surface area contributed by atoms with Crippen LogP contribution in [-0.2, 0) is 9.53 Å². The summed E-state index contributed by atoms with van der Waals surface area (Å²) >= 11 is 1.58. The maximum atomic E-state index is 11.2. The molecule has 1 saturated carbocycles.